The molecule has 0 aliphatic rings. The Balaban J connectivity index is 2.58. The lowest BCUT2D eigenvalue weighted by Crippen LogP contribution is -2.36. The Bertz CT molecular complexity index is 409. The third kappa shape index (κ3) is 5.03. The van der Waals surface area contributed by atoms with Crippen LogP contribution in [0.3, 0.4) is 0 Å². The second-order valence-corrected chi connectivity index (χ2v) is 4.66. The van der Waals surface area contributed by atoms with Crippen molar-refractivity contribution in [3.8, 4) is 0 Å². The number of nitrogens with two attached hydrogens (primary N) is 1. The van der Waals surface area contributed by atoms with Gasteiger partial charge in [0.05, 0.1) is 0 Å². The summed E-state index contributed by atoms with van der Waals surface area (Å²) in [7, 11) is 1.67. The topological polar surface area (TPSA) is 71.7 Å². The first-order valence-corrected chi connectivity index (χ1v) is 6.50. The largest absolute Gasteiger partial charge is 0.385 e. The van der Waals surface area contributed by atoms with Crippen LogP contribution in [-0.4, -0.2) is 26.2 Å². The Morgan fingerprint density at radius 3 is 2.89 bits per heavy atom. The SMILES string of the molecule is COCCCN=C(NN)Nc1ccc(C)c(Br)c1. The second kappa shape index (κ2) is 8.07. The van der Waals surface area contributed by atoms with Gasteiger partial charge in [-0.05, 0) is 31.0 Å². The number of hydrogen-bond donors (Lipinski definition) is 3. The second-order valence-electron chi connectivity index (χ2n) is 3.81. The first-order valence-electron chi connectivity index (χ1n) is 5.70. The molecule has 1 aromatic carbocycles. The molecule has 18 heavy (non-hydrogen) atoms. The summed E-state index contributed by atoms with van der Waals surface area (Å²) in [4.78, 5) is 4.30. The number of hydrazine groups is 1. The smallest absolute Gasteiger partial charge is 0.210 e. The first-order chi connectivity index (χ1) is 8.67. The van der Waals surface area contributed by atoms with Gasteiger partial charge >= 0.3 is 0 Å². The van der Waals surface area contributed by atoms with Crippen molar-refractivity contribution in [1.82, 2.24) is 5.43 Å². The zero-order valence-corrected chi connectivity index (χ0v) is 12.3. The lowest BCUT2D eigenvalue weighted by atomic mass is 10.2. The maximum Gasteiger partial charge on any atom is 0.210 e. The molecule has 0 heterocycles. The number of methoxy groups -OCH3 is 1. The molecule has 0 aromatic heterocycles. The number of ether oxygens (including phenoxy) is 1. The number of aryl methyl sites for hydroxylation is 1. The minimum absolute atomic E-state index is 0.543. The third-order valence-electron chi connectivity index (χ3n) is 2.35. The van der Waals surface area contributed by atoms with E-state index in [0.29, 0.717) is 19.1 Å². The van der Waals surface area contributed by atoms with Crippen LogP contribution in [0.2, 0.25) is 0 Å². The summed E-state index contributed by atoms with van der Waals surface area (Å²) in [6.07, 6.45) is 0.862. The lowest BCUT2D eigenvalue weighted by molar-refractivity contribution is 0.197. The van der Waals surface area contributed by atoms with E-state index in [4.69, 9.17) is 10.6 Å². The molecule has 1 aromatic rings. The normalized spacial score (nSPS) is 11.4. The molecule has 6 heteroatoms. The monoisotopic (exact) mass is 314 g/mol. The van der Waals surface area contributed by atoms with Gasteiger partial charge in [-0.1, -0.05) is 22.0 Å². The standard InChI is InChI=1S/C12H19BrN4O/c1-9-4-5-10(8-11(9)13)16-12(17-14)15-6-3-7-18-2/h4-5,8H,3,6-7,14H2,1-2H3,(H2,15,16,17). The third-order valence-corrected chi connectivity index (χ3v) is 3.20. The van der Waals surface area contributed by atoms with Crippen LogP contribution in [0, 0.1) is 6.92 Å². The van der Waals surface area contributed by atoms with Crippen molar-refractivity contribution in [1.29, 1.82) is 0 Å². The molecular formula is C12H19BrN4O. The van der Waals surface area contributed by atoms with Crippen molar-refractivity contribution in [3.63, 3.8) is 0 Å². The molecule has 1 rings (SSSR count). The van der Waals surface area contributed by atoms with Crippen molar-refractivity contribution < 1.29 is 4.74 Å². The van der Waals surface area contributed by atoms with Crippen molar-refractivity contribution in [3.05, 3.63) is 28.2 Å². The van der Waals surface area contributed by atoms with Crippen LogP contribution < -0.4 is 16.6 Å². The molecule has 5 nitrogen and oxygen atoms in total. The number of rotatable bonds is 5. The van der Waals surface area contributed by atoms with Gasteiger partial charge in [-0.15, -0.1) is 0 Å². The van der Waals surface area contributed by atoms with Gasteiger partial charge in [0.15, 0.2) is 0 Å². The average Bonchev–Trinajstić information content (AvgIpc) is 2.37. The highest BCUT2D eigenvalue weighted by Gasteiger charge is 2.00. The number of aliphatic imine (C=N–C) groups is 1. The highest BCUT2D eigenvalue weighted by Crippen LogP contribution is 2.20. The minimum Gasteiger partial charge on any atom is -0.385 e. The number of hydrogen-bond acceptors (Lipinski definition) is 3. The maximum atomic E-state index is 5.42. The van der Waals surface area contributed by atoms with E-state index in [1.165, 1.54) is 5.56 Å². The molecule has 0 saturated heterocycles. The van der Waals surface area contributed by atoms with E-state index in [0.717, 1.165) is 16.6 Å². The van der Waals surface area contributed by atoms with Gasteiger partial charge in [-0.3, -0.25) is 10.4 Å². The van der Waals surface area contributed by atoms with Gasteiger partial charge in [0.1, 0.15) is 0 Å². The lowest BCUT2D eigenvalue weighted by Gasteiger charge is -2.10. The molecule has 0 amide bonds. The first kappa shape index (κ1) is 14.9. The van der Waals surface area contributed by atoms with Gasteiger partial charge in [-0.25, -0.2) is 5.84 Å². The predicted molar refractivity (Wildman–Crippen MR) is 78.6 cm³/mol. The summed E-state index contributed by atoms with van der Waals surface area (Å²) >= 11 is 3.48. The number of nitrogens with zero attached hydrogens (tertiary/aromatic N) is 1. The van der Waals surface area contributed by atoms with Crippen LogP contribution in [0.25, 0.3) is 0 Å². The Hall–Kier alpha value is -1.11. The van der Waals surface area contributed by atoms with E-state index < -0.39 is 0 Å². The number of anilines is 1. The molecule has 0 fully saturated rings. The highest BCUT2D eigenvalue weighted by atomic mass is 79.9. The van der Waals surface area contributed by atoms with E-state index in [1.54, 1.807) is 7.11 Å². The zero-order valence-electron chi connectivity index (χ0n) is 10.7. The molecule has 4 N–H and O–H groups in total. The number of halogens is 1. The van der Waals surface area contributed by atoms with E-state index in [-0.39, 0.29) is 0 Å². The highest BCUT2D eigenvalue weighted by molar-refractivity contribution is 9.10. The fourth-order valence-corrected chi connectivity index (χ4v) is 1.71. The van der Waals surface area contributed by atoms with Crippen LogP contribution >= 0.6 is 15.9 Å². The van der Waals surface area contributed by atoms with Crippen molar-refractivity contribution in [2.75, 3.05) is 25.6 Å². The minimum atomic E-state index is 0.543. The number of benzene rings is 1. The quantitative estimate of drug-likeness (QED) is 0.256. The summed E-state index contributed by atoms with van der Waals surface area (Å²) in [5.41, 5.74) is 4.65. The molecule has 0 aliphatic heterocycles. The fraction of sp³-hybridized carbons (Fsp3) is 0.417. The molecule has 0 unspecified atom stereocenters. The van der Waals surface area contributed by atoms with E-state index in [1.807, 2.05) is 25.1 Å². The summed E-state index contributed by atoms with van der Waals surface area (Å²) in [5.74, 6) is 5.96. The van der Waals surface area contributed by atoms with Crippen molar-refractivity contribution >= 4 is 27.6 Å². The number of guanidine groups is 1. The maximum absolute atomic E-state index is 5.42. The molecule has 0 spiro atoms. The van der Waals surface area contributed by atoms with Gasteiger partial charge in [0.2, 0.25) is 5.96 Å². The van der Waals surface area contributed by atoms with E-state index >= 15 is 0 Å². The molecule has 0 aliphatic carbocycles. The van der Waals surface area contributed by atoms with Gasteiger partial charge in [0, 0.05) is 30.4 Å². The molecule has 0 saturated carbocycles. The Morgan fingerprint density at radius 2 is 2.28 bits per heavy atom. The summed E-state index contributed by atoms with van der Waals surface area (Å²) in [6, 6.07) is 5.98. The Morgan fingerprint density at radius 1 is 1.50 bits per heavy atom. The summed E-state index contributed by atoms with van der Waals surface area (Å²) < 4.78 is 6.00. The number of nitrogens with one attached hydrogen (secondary N) is 2. The van der Waals surface area contributed by atoms with Gasteiger partial charge < -0.3 is 10.1 Å². The fourth-order valence-electron chi connectivity index (χ4n) is 1.33. The molecule has 0 bridgehead atoms. The molecular weight excluding hydrogens is 296 g/mol. The molecule has 100 valence electrons. The van der Waals surface area contributed by atoms with Crippen molar-refractivity contribution in [2.24, 2.45) is 10.8 Å². The molecule has 0 atom stereocenters. The predicted octanol–water partition coefficient (Wildman–Crippen LogP) is 2.03. The molecule has 0 radical (unpaired) electrons. The van der Waals surface area contributed by atoms with Crippen LogP contribution in [0.15, 0.2) is 27.7 Å². The van der Waals surface area contributed by atoms with Crippen LogP contribution in [0.1, 0.15) is 12.0 Å². The van der Waals surface area contributed by atoms with E-state index in [2.05, 4.69) is 31.7 Å². The Kier molecular flexibility index (Phi) is 6.70. The summed E-state index contributed by atoms with van der Waals surface area (Å²) in [5, 5.41) is 3.12. The Labute approximate surface area is 116 Å². The van der Waals surface area contributed by atoms with Crippen LogP contribution in [-0.2, 0) is 4.74 Å². The van der Waals surface area contributed by atoms with Crippen LogP contribution in [0.4, 0.5) is 5.69 Å². The zero-order chi connectivity index (χ0) is 13.4. The summed E-state index contributed by atoms with van der Waals surface area (Å²) in [6.45, 7) is 3.39. The van der Waals surface area contributed by atoms with Gasteiger partial charge in [-0.2, -0.15) is 0 Å². The van der Waals surface area contributed by atoms with Crippen molar-refractivity contribution in [2.45, 2.75) is 13.3 Å². The van der Waals surface area contributed by atoms with E-state index in [9.17, 15) is 0 Å². The van der Waals surface area contributed by atoms with Gasteiger partial charge in [0.25, 0.3) is 0 Å². The average molecular weight is 315 g/mol. The van der Waals surface area contributed by atoms with Crippen LogP contribution in [0.5, 0.6) is 0 Å².